The Morgan fingerprint density at radius 2 is 2.00 bits per heavy atom. The van der Waals surface area contributed by atoms with Gasteiger partial charge in [0.2, 0.25) is 0 Å². The van der Waals surface area contributed by atoms with E-state index in [2.05, 4.69) is 10.3 Å². The van der Waals surface area contributed by atoms with Gasteiger partial charge in [-0.05, 0) is 30.7 Å². The fraction of sp³-hybridized carbons (Fsp3) is 0.0625. The summed E-state index contributed by atoms with van der Waals surface area (Å²) in [6.07, 6.45) is 1.66. The number of halogens is 1. The van der Waals surface area contributed by atoms with Crippen molar-refractivity contribution < 1.29 is 9.18 Å². The van der Waals surface area contributed by atoms with Gasteiger partial charge < -0.3 is 10.3 Å². The second-order valence-electron chi connectivity index (χ2n) is 4.66. The van der Waals surface area contributed by atoms with Crippen LogP contribution in [-0.2, 0) is 0 Å². The fourth-order valence-corrected chi connectivity index (χ4v) is 2.18. The smallest absolute Gasteiger partial charge is 0.257 e. The summed E-state index contributed by atoms with van der Waals surface area (Å²) in [7, 11) is 0. The minimum atomic E-state index is -0.371. The highest BCUT2D eigenvalue weighted by molar-refractivity contribution is 6.12. The zero-order valence-electron chi connectivity index (χ0n) is 10.9. The standard InChI is InChI=1S/C16H13FN2O/c1-10-6-7-11(17)8-15(10)19-16(20)13-9-18-14-5-3-2-4-12(13)14/h2-9,18H,1H3,(H,19,20). The average Bonchev–Trinajstić information content (AvgIpc) is 2.87. The number of fused-ring (bicyclic) bond motifs is 1. The third-order valence-corrected chi connectivity index (χ3v) is 3.28. The Morgan fingerprint density at radius 3 is 2.85 bits per heavy atom. The van der Waals surface area contributed by atoms with Gasteiger partial charge in [-0.3, -0.25) is 4.79 Å². The van der Waals surface area contributed by atoms with E-state index in [0.717, 1.165) is 16.5 Å². The maximum atomic E-state index is 13.2. The summed E-state index contributed by atoms with van der Waals surface area (Å²) in [5, 5.41) is 3.59. The molecule has 4 heteroatoms. The van der Waals surface area contributed by atoms with Gasteiger partial charge in [0.1, 0.15) is 5.82 Å². The molecule has 3 nitrogen and oxygen atoms in total. The largest absolute Gasteiger partial charge is 0.360 e. The van der Waals surface area contributed by atoms with Crippen LogP contribution in [0.2, 0.25) is 0 Å². The van der Waals surface area contributed by atoms with Crippen LogP contribution in [0.4, 0.5) is 10.1 Å². The molecule has 0 bridgehead atoms. The number of aryl methyl sites for hydroxylation is 1. The fourth-order valence-electron chi connectivity index (χ4n) is 2.18. The van der Waals surface area contributed by atoms with E-state index < -0.39 is 0 Å². The molecular weight excluding hydrogens is 255 g/mol. The van der Waals surface area contributed by atoms with Gasteiger partial charge in [0.05, 0.1) is 5.56 Å². The predicted molar refractivity (Wildman–Crippen MR) is 77.4 cm³/mol. The Kier molecular flexibility index (Phi) is 2.99. The second-order valence-corrected chi connectivity index (χ2v) is 4.66. The van der Waals surface area contributed by atoms with Gasteiger partial charge in [-0.1, -0.05) is 24.3 Å². The number of aromatic nitrogens is 1. The first kappa shape index (κ1) is 12.4. The van der Waals surface area contributed by atoms with E-state index in [0.29, 0.717) is 11.3 Å². The quantitative estimate of drug-likeness (QED) is 0.728. The van der Waals surface area contributed by atoms with Gasteiger partial charge in [-0.15, -0.1) is 0 Å². The maximum Gasteiger partial charge on any atom is 0.257 e. The molecular formula is C16H13FN2O. The van der Waals surface area contributed by atoms with Crippen LogP contribution in [0.15, 0.2) is 48.7 Å². The number of amides is 1. The molecule has 0 saturated heterocycles. The minimum Gasteiger partial charge on any atom is -0.360 e. The summed E-state index contributed by atoms with van der Waals surface area (Å²) >= 11 is 0. The molecule has 0 atom stereocenters. The molecule has 0 unspecified atom stereocenters. The van der Waals surface area contributed by atoms with Crippen LogP contribution in [0.3, 0.4) is 0 Å². The van der Waals surface area contributed by atoms with Crippen LogP contribution in [0.5, 0.6) is 0 Å². The van der Waals surface area contributed by atoms with Gasteiger partial charge in [0, 0.05) is 22.8 Å². The van der Waals surface area contributed by atoms with Gasteiger partial charge in [-0.2, -0.15) is 0 Å². The number of H-pyrrole nitrogens is 1. The molecule has 0 aliphatic heterocycles. The minimum absolute atomic E-state index is 0.254. The number of carbonyl (C=O) groups excluding carboxylic acids is 1. The van der Waals surface area contributed by atoms with Gasteiger partial charge in [-0.25, -0.2) is 4.39 Å². The van der Waals surface area contributed by atoms with Gasteiger partial charge in [0.25, 0.3) is 5.91 Å². The summed E-state index contributed by atoms with van der Waals surface area (Å²) < 4.78 is 13.2. The van der Waals surface area contributed by atoms with Crippen LogP contribution in [0, 0.1) is 12.7 Å². The number of aromatic amines is 1. The molecule has 2 aromatic carbocycles. The summed E-state index contributed by atoms with van der Waals surface area (Å²) in [5.41, 5.74) is 2.75. The molecule has 100 valence electrons. The third kappa shape index (κ3) is 2.16. The number of hydrogen-bond donors (Lipinski definition) is 2. The average molecular weight is 268 g/mol. The highest BCUT2D eigenvalue weighted by Gasteiger charge is 2.13. The number of nitrogens with one attached hydrogen (secondary N) is 2. The van der Waals surface area contributed by atoms with Crippen molar-refractivity contribution in [1.82, 2.24) is 4.98 Å². The van der Waals surface area contributed by atoms with Crippen molar-refractivity contribution in [1.29, 1.82) is 0 Å². The van der Waals surface area contributed by atoms with E-state index in [1.54, 1.807) is 12.3 Å². The summed E-state index contributed by atoms with van der Waals surface area (Å²) in [6.45, 7) is 1.82. The normalized spacial score (nSPS) is 10.7. The van der Waals surface area contributed by atoms with E-state index in [-0.39, 0.29) is 11.7 Å². The first-order valence-corrected chi connectivity index (χ1v) is 6.29. The molecule has 0 radical (unpaired) electrons. The molecule has 1 heterocycles. The zero-order chi connectivity index (χ0) is 14.1. The topological polar surface area (TPSA) is 44.9 Å². The van der Waals surface area contributed by atoms with Crippen molar-refractivity contribution in [2.75, 3.05) is 5.32 Å². The number of anilines is 1. The molecule has 3 rings (SSSR count). The Labute approximate surface area is 115 Å². The number of carbonyl (C=O) groups is 1. The van der Waals surface area contributed by atoms with Crippen LogP contribution in [0.1, 0.15) is 15.9 Å². The summed E-state index contributed by atoms with van der Waals surface area (Å²) in [6, 6.07) is 11.9. The van der Waals surface area contributed by atoms with Crippen molar-refractivity contribution in [2.45, 2.75) is 6.92 Å². The number of benzene rings is 2. The molecule has 20 heavy (non-hydrogen) atoms. The molecule has 0 spiro atoms. The van der Waals surface area contributed by atoms with E-state index in [9.17, 15) is 9.18 Å². The van der Waals surface area contributed by atoms with Crippen molar-refractivity contribution in [3.05, 3.63) is 65.6 Å². The molecule has 0 saturated carbocycles. The Bertz CT molecular complexity index is 792. The highest BCUT2D eigenvalue weighted by atomic mass is 19.1. The molecule has 3 aromatic rings. The predicted octanol–water partition coefficient (Wildman–Crippen LogP) is 3.87. The van der Waals surface area contributed by atoms with Crippen LogP contribution in [-0.4, -0.2) is 10.9 Å². The highest BCUT2D eigenvalue weighted by Crippen LogP contribution is 2.21. The van der Waals surface area contributed by atoms with Crippen molar-refractivity contribution in [2.24, 2.45) is 0 Å². The lowest BCUT2D eigenvalue weighted by Gasteiger charge is -2.07. The number of rotatable bonds is 2. The monoisotopic (exact) mass is 268 g/mol. The van der Waals surface area contributed by atoms with Crippen LogP contribution in [0.25, 0.3) is 10.9 Å². The first-order valence-electron chi connectivity index (χ1n) is 6.29. The molecule has 1 aromatic heterocycles. The Hall–Kier alpha value is -2.62. The Morgan fingerprint density at radius 1 is 1.20 bits per heavy atom. The van der Waals surface area contributed by atoms with E-state index >= 15 is 0 Å². The van der Waals surface area contributed by atoms with Crippen molar-refractivity contribution in [3.63, 3.8) is 0 Å². The van der Waals surface area contributed by atoms with E-state index in [1.165, 1.54) is 12.1 Å². The lowest BCUT2D eigenvalue weighted by Crippen LogP contribution is -2.12. The lowest BCUT2D eigenvalue weighted by atomic mass is 10.1. The SMILES string of the molecule is Cc1ccc(F)cc1NC(=O)c1c[nH]c2ccccc12. The Balaban J connectivity index is 1.95. The number of hydrogen-bond acceptors (Lipinski definition) is 1. The van der Waals surface area contributed by atoms with Crippen molar-refractivity contribution in [3.8, 4) is 0 Å². The van der Waals surface area contributed by atoms with E-state index in [4.69, 9.17) is 0 Å². The van der Waals surface area contributed by atoms with Gasteiger partial charge in [0.15, 0.2) is 0 Å². The van der Waals surface area contributed by atoms with E-state index in [1.807, 2.05) is 31.2 Å². The van der Waals surface area contributed by atoms with Crippen LogP contribution < -0.4 is 5.32 Å². The van der Waals surface area contributed by atoms with Crippen LogP contribution >= 0.6 is 0 Å². The zero-order valence-corrected chi connectivity index (χ0v) is 10.9. The molecule has 0 aliphatic rings. The third-order valence-electron chi connectivity index (χ3n) is 3.28. The maximum absolute atomic E-state index is 13.2. The molecule has 1 amide bonds. The molecule has 0 fully saturated rings. The molecule has 0 aliphatic carbocycles. The lowest BCUT2D eigenvalue weighted by molar-refractivity contribution is 0.102. The summed E-state index contributed by atoms with van der Waals surface area (Å²) in [5.74, 6) is -0.624. The van der Waals surface area contributed by atoms with Crippen molar-refractivity contribution >= 4 is 22.5 Å². The first-order chi connectivity index (χ1) is 9.65. The molecule has 2 N–H and O–H groups in total. The summed E-state index contributed by atoms with van der Waals surface area (Å²) in [4.78, 5) is 15.3. The number of para-hydroxylation sites is 1. The van der Waals surface area contributed by atoms with Gasteiger partial charge >= 0.3 is 0 Å². The second kappa shape index (κ2) is 4.81.